The molecule has 0 radical (unpaired) electrons. The zero-order chi connectivity index (χ0) is 73.4. The zero-order valence-electron chi connectivity index (χ0n) is 52.8. The molecular weight excluding hydrogens is 1320 g/mol. The fraction of sp³-hybridized carbons (Fsp3) is 0.0135. The molecule has 0 aliphatic carbocycles. The first-order chi connectivity index (χ1) is 48.6. The van der Waals surface area contributed by atoms with Crippen molar-refractivity contribution in [3.05, 3.63) is 303 Å². The summed E-state index contributed by atoms with van der Waals surface area (Å²) in [5, 5.41) is -0.0726. The van der Waals surface area contributed by atoms with Crippen LogP contribution in [0.3, 0.4) is 0 Å². The van der Waals surface area contributed by atoms with Crippen LogP contribution in [-0.2, 0) is 18.9 Å². The van der Waals surface area contributed by atoms with Crippen LogP contribution in [0.4, 0.5) is 45.5 Å². The molecule has 0 bridgehead atoms. The predicted octanol–water partition coefficient (Wildman–Crippen LogP) is 8.51. The minimum Gasteiger partial charge on any atom is -0.457 e. The number of rotatable bonds is 5. The monoisotopic (exact) mass is 1370 g/mol. The van der Waals surface area contributed by atoms with E-state index >= 15 is 0 Å². The molecule has 6 heterocycles. The third kappa shape index (κ3) is 15.7. The van der Waals surface area contributed by atoms with Crippen LogP contribution >= 0.6 is 0 Å². The van der Waals surface area contributed by atoms with Gasteiger partial charge in [-0.3, -0.25) is 4.79 Å². The van der Waals surface area contributed by atoms with Crippen molar-refractivity contribution in [2.45, 2.75) is 6.92 Å². The molecule has 10 aromatic carbocycles. The van der Waals surface area contributed by atoms with Crippen molar-refractivity contribution < 1.29 is 75.7 Å². The lowest BCUT2D eigenvalue weighted by atomic mass is 9.94. The summed E-state index contributed by atoms with van der Waals surface area (Å²) in [5.74, 6) is -4.94. The van der Waals surface area contributed by atoms with Crippen molar-refractivity contribution in [2.75, 3.05) is 45.9 Å². The molecule has 0 spiro atoms. The third-order valence-electron chi connectivity index (χ3n) is 15.0. The number of aryl methyl sites for hydroxylation is 1. The van der Waals surface area contributed by atoms with Gasteiger partial charge in [-0.2, -0.15) is 0 Å². The number of benzene rings is 10. The smallest absolute Gasteiger partial charge is 0.347 e. The Labute approximate surface area is 572 Å². The molecule has 12 aromatic rings. The Morgan fingerprint density at radius 2 is 0.627 bits per heavy atom. The highest BCUT2D eigenvalue weighted by Gasteiger charge is 2.36. The van der Waals surface area contributed by atoms with E-state index in [2.05, 4.69) is 27.8 Å². The van der Waals surface area contributed by atoms with E-state index in [1.54, 1.807) is 91.0 Å². The van der Waals surface area contributed by atoms with Crippen molar-refractivity contribution in [2.24, 2.45) is 0 Å². The van der Waals surface area contributed by atoms with Gasteiger partial charge in [0.2, 0.25) is 0 Å². The summed E-state index contributed by atoms with van der Waals surface area (Å²) in [4.78, 5) is 150. The zero-order valence-corrected chi connectivity index (χ0v) is 52.8. The molecule has 28 nitrogen and oxygen atoms in total. The number of nitrogens with two attached hydrogens (primary N) is 8. The number of nitrogen functional groups attached to an aromatic ring is 8. The van der Waals surface area contributed by atoms with Crippen LogP contribution in [0.25, 0.3) is 32.7 Å². The molecule has 28 heteroatoms. The summed E-state index contributed by atoms with van der Waals surface area (Å²) in [6.07, 6.45) is 0. The van der Waals surface area contributed by atoms with E-state index in [1.807, 2.05) is 49.4 Å². The Balaban J connectivity index is 0.000000133. The number of hydrogen-bond acceptors (Lipinski definition) is 28. The van der Waals surface area contributed by atoms with Crippen molar-refractivity contribution in [1.82, 2.24) is 0 Å². The maximum absolute atomic E-state index is 12.5. The third-order valence-corrected chi connectivity index (χ3v) is 15.0. The van der Waals surface area contributed by atoms with E-state index in [4.69, 9.17) is 50.6 Å². The molecule has 2 aromatic heterocycles. The van der Waals surface area contributed by atoms with E-state index in [9.17, 15) is 62.3 Å². The maximum Gasteiger partial charge on any atom is 0.347 e. The highest BCUT2D eigenvalue weighted by molar-refractivity contribution is 6.21. The van der Waals surface area contributed by atoms with Gasteiger partial charge >= 0.3 is 70.3 Å². The molecule has 0 unspecified atom stereocenters. The molecule has 16 rings (SSSR count). The Bertz CT molecular complexity index is 5350. The van der Waals surface area contributed by atoms with Crippen molar-refractivity contribution in [3.8, 4) is 22.6 Å². The molecule has 0 saturated heterocycles. The van der Waals surface area contributed by atoms with Crippen LogP contribution in [0.1, 0.15) is 104 Å². The number of esters is 8. The topological polar surface area (TPSA) is 502 Å². The molecule has 16 N–H and O–H groups in total. The lowest BCUT2D eigenvalue weighted by molar-refractivity contribution is 0.0425. The summed E-state index contributed by atoms with van der Waals surface area (Å²) in [6.45, 7) is 1.95. The largest absolute Gasteiger partial charge is 0.457 e. The summed E-state index contributed by atoms with van der Waals surface area (Å²) in [5.41, 5.74) is 49.4. The highest BCUT2D eigenvalue weighted by atomic mass is 16.6. The van der Waals surface area contributed by atoms with Gasteiger partial charge in [-0.25, -0.2) is 57.5 Å². The number of cyclic esters (lactones) is 8. The SMILES string of the molecule is Cc1ccc(N)cc1N.Nc1ccc(N)cc1.Nc1ccc(Oc2ccc(N)cc2)cc1.Nc1cccc(N)c1.O=C(c1ccc2c(c1)C(=O)OC2=O)c1ccc2c(c1)C(=O)OC2=O.O=C1OC(=O)c2cc(-c3cccc4c3C(=O)OC4=O)ccc21.O=c1oc(=O)c2cc3c(=O)oc(=O)c3cc12. The van der Waals surface area contributed by atoms with Gasteiger partial charge in [0.25, 0.3) is 0 Å². The van der Waals surface area contributed by atoms with Crippen molar-refractivity contribution in [1.29, 1.82) is 0 Å². The highest BCUT2D eigenvalue weighted by Crippen LogP contribution is 2.34. The number of furan rings is 2. The van der Waals surface area contributed by atoms with Crippen molar-refractivity contribution in [3.63, 3.8) is 0 Å². The summed E-state index contributed by atoms with van der Waals surface area (Å²) in [6, 6.07) is 53.8. The Morgan fingerprint density at radius 1 is 0.294 bits per heavy atom. The van der Waals surface area contributed by atoms with E-state index < -0.39 is 76.0 Å². The molecule has 4 aliphatic heterocycles. The lowest BCUT2D eigenvalue weighted by Gasteiger charge is -2.06. The number of ketones is 1. The van der Waals surface area contributed by atoms with Gasteiger partial charge in [0.1, 0.15) is 11.5 Å². The number of carbonyl (C=O) groups excluding carboxylic acids is 9. The summed E-state index contributed by atoms with van der Waals surface area (Å²) in [7, 11) is 0. The first-order valence-corrected chi connectivity index (χ1v) is 29.7. The van der Waals surface area contributed by atoms with E-state index in [1.165, 1.54) is 54.6 Å². The van der Waals surface area contributed by atoms with Gasteiger partial charge in [-0.05, 0) is 181 Å². The van der Waals surface area contributed by atoms with Gasteiger partial charge < -0.3 is 78.4 Å². The van der Waals surface area contributed by atoms with E-state index in [-0.39, 0.29) is 77.2 Å². The van der Waals surface area contributed by atoms with Gasteiger partial charge in [0.05, 0.1) is 66.1 Å². The van der Waals surface area contributed by atoms with Gasteiger partial charge in [0, 0.05) is 56.6 Å². The molecule has 0 atom stereocenters. The van der Waals surface area contributed by atoms with Crippen LogP contribution in [0, 0.1) is 6.92 Å². The number of ether oxygens (including phenoxy) is 5. The molecule has 0 saturated carbocycles. The number of fused-ring (bicyclic) bond motifs is 6. The normalized spacial score (nSPS) is 12.4. The average molecular weight is 1370 g/mol. The number of hydrogen-bond donors (Lipinski definition) is 8. The molecular formula is C74H52N8O20. The Morgan fingerprint density at radius 3 is 1.02 bits per heavy atom. The van der Waals surface area contributed by atoms with E-state index in [0.29, 0.717) is 22.5 Å². The quantitative estimate of drug-likeness (QED) is 0.0263. The second-order valence-electron chi connectivity index (χ2n) is 22.0. The minimum absolute atomic E-state index is 0.0154. The van der Waals surface area contributed by atoms with Crippen molar-refractivity contribution >= 4 is 121 Å². The molecule has 0 fully saturated rings. The molecule has 0 amide bonds. The Hall–Kier alpha value is -15.1. The Kier molecular flexibility index (Phi) is 20.2. The molecule has 102 heavy (non-hydrogen) atoms. The molecule has 508 valence electrons. The van der Waals surface area contributed by atoms with E-state index in [0.717, 1.165) is 63.3 Å². The van der Waals surface area contributed by atoms with Crippen LogP contribution in [0.2, 0.25) is 0 Å². The minimum atomic E-state index is -0.824. The van der Waals surface area contributed by atoms with Crippen LogP contribution < -0.4 is 73.1 Å². The maximum atomic E-state index is 12.5. The lowest BCUT2D eigenvalue weighted by Crippen LogP contribution is -2.05. The number of carbonyl (C=O) groups is 9. The second-order valence-corrected chi connectivity index (χ2v) is 22.0. The van der Waals surface area contributed by atoms with Crippen LogP contribution in [-0.4, -0.2) is 53.5 Å². The van der Waals surface area contributed by atoms with Crippen LogP contribution in [0.5, 0.6) is 11.5 Å². The van der Waals surface area contributed by atoms with Crippen LogP contribution in [0.15, 0.2) is 228 Å². The first-order valence-electron chi connectivity index (χ1n) is 29.7. The van der Waals surface area contributed by atoms with Gasteiger partial charge in [-0.1, -0.05) is 42.5 Å². The standard InChI is InChI=1S/C17H6O7.C16H6O6.C12H12N2O.C10H2O6.C7H10N2.2C6H8N2/c18-13(7-1-3-9-11(5-7)16(21)23-14(9)19)8-2-4-10-12(6-8)17(22)24-15(10)20;17-13-9-5-4-7(6-11(9)15(19)21-13)8-2-1-3-10-12(8)16(20)22-14(10)18;13-9-1-5-11(6-2-9)15-12-7-3-10(14)4-8-12;11-7-3-1-4-6(10(14)16-8(4)12)2-5(3)9(13)15-7;1-5-2-3-6(8)4-7(5)9;7-5-1-2-6(8)4-3-5;7-5-2-1-3-6(8)4-5/h1-6H;1-6H;1-8H,13-14H2;1-2H;2-4H,8-9H2,1H3;2*1-4H,7-8H2. The van der Waals surface area contributed by atoms with Gasteiger partial charge in [-0.15, -0.1) is 0 Å². The molecule has 4 aliphatic rings. The average Bonchev–Trinajstić information content (AvgIpc) is 1.62. The second kappa shape index (κ2) is 29.5. The summed E-state index contributed by atoms with van der Waals surface area (Å²) < 4.78 is 32.3. The number of anilines is 8. The fourth-order valence-electron chi connectivity index (χ4n) is 9.83. The fourth-order valence-corrected chi connectivity index (χ4v) is 9.83. The summed E-state index contributed by atoms with van der Waals surface area (Å²) >= 11 is 0. The first kappa shape index (κ1) is 69.7. The van der Waals surface area contributed by atoms with Gasteiger partial charge in [0.15, 0.2) is 5.78 Å². The predicted molar refractivity (Wildman–Crippen MR) is 373 cm³/mol.